The van der Waals surface area contributed by atoms with Gasteiger partial charge in [0.2, 0.25) is 0 Å². The van der Waals surface area contributed by atoms with Gasteiger partial charge in [-0.3, -0.25) is 0 Å². The molecule has 0 saturated carbocycles. The van der Waals surface area contributed by atoms with E-state index < -0.39 is 0 Å². The van der Waals surface area contributed by atoms with Gasteiger partial charge in [0.25, 0.3) is 0 Å². The molecule has 0 bridgehead atoms. The third-order valence-electron chi connectivity index (χ3n) is 2.58. The Labute approximate surface area is 84.2 Å². The van der Waals surface area contributed by atoms with E-state index in [9.17, 15) is 4.39 Å². The summed E-state index contributed by atoms with van der Waals surface area (Å²) >= 11 is 0. The Morgan fingerprint density at radius 3 is 2.36 bits per heavy atom. The van der Waals surface area contributed by atoms with E-state index in [1.807, 2.05) is 6.92 Å². The number of halogens is 1. The molecule has 0 amide bonds. The molecule has 0 aliphatic heterocycles. The van der Waals surface area contributed by atoms with Crippen LogP contribution < -0.4 is 0 Å². The lowest BCUT2D eigenvalue weighted by Crippen LogP contribution is -2.06. The number of nitrogens with zero attached hydrogens (tertiary/aromatic N) is 1. The number of hydrogen-bond acceptors (Lipinski definition) is 1. The Balaban J connectivity index is 2.91. The van der Waals surface area contributed by atoms with Crippen molar-refractivity contribution in [1.29, 1.82) is 5.26 Å². The highest BCUT2D eigenvalue weighted by Gasteiger charge is 2.16. The zero-order valence-electron chi connectivity index (χ0n) is 8.50. The van der Waals surface area contributed by atoms with Gasteiger partial charge in [-0.2, -0.15) is 5.26 Å². The van der Waals surface area contributed by atoms with Crippen molar-refractivity contribution in [3.8, 4) is 6.07 Å². The van der Waals surface area contributed by atoms with Crippen LogP contribution in [0.5, 0.6) is 0 Å². The second-order valence-corrected chi connectivity index (χ2v) is 3.54. The molecule has 0 heterocycles. The van der Waals surface area contributed by atoms with Gasteiger partial charge in [-0.15, -0.1) is 0 Å². The predicted octanol–water partition coefficient (Wildman–Crippen LogP) is 3.48. The first-order chi connectivity index (χ1) is 6.69. The first-order valence-electron chi connectivity index (χ1n) is 4.84. The van der Waals surface area contributed by atoms with Crippen LogP contribution >= 0.6 is 0 Å². The molecule has 0 aliphatic rings. The first kappa shape index (κ1) is 10.7. The Kier molecular flexibility index (Phi) is 3.64. The molecule has 0 spiro atoms. The molecular formula is C12H14FN. The molecule has 14 heavy (non-hydrogen) atoms. The van der Waals surface area contributed by atoms with Crippen LogP contribution in [-0.2, 0) is 0 Å². The SMILES string of the molecule is CCC(C)C(C#N)c1ccc(F)cc1. The van der Waals surface area contributed by atoms with Crippen molar-refractivity contribution in [2.75, 3.05) is 0 Å². The summed E-state index contributed by atoms with van der Waals surface area (Å²) in [7, 11) is 0. The first-order valence-corrected chi connectivity index (χ1v) is 4.84. The lowest BCUT2D eigenvalue weighted by molar-refractivity contribution is 0.513. The van der Waals surface area contributed by atoms with Crippen molar-refractivity contribution in [2.45, 2.75) is 26.2 Å². The maximum Gasteiger partial charge on any atom is 0.123 e. The molecule has 2 heteroatoms. The molecule has 74 valence electrons. The van der Waals surface area contributed by atoms with Crippen molar-refractivity contribution in [3.63, 3.8) is 0 Å². The average Bonchev–Trinajstić information content (AvgIpc) is 2.21. The van der Waals surface area contributed by atoms with Gasteiger partial charge in [0.1, 0.15) is 5.82 Å². The number of rotatable bonds is 3. The summed E-state index contributed by atoms with van der Waals surface area (Å²) in [5.41, 5.74) is 0.906. The summed E-state index contributed by atoms with van der Waals surface area (Å²) in [4.78, 5) is 0. The summed E-state index contributed by atoms with van der Waals surface area (Å²) in [6.07, 6.45) is 0.954. The van der Waals surface area contributed by atoms with Gasteiger partial charge in [-0.25, -0.2) is 4.39 Å². The van der Waals surface area contributed by atoms with E-state index >= 15 is 0 Å². The average molecular weight is 191 g/mol. The summed E-state index contributed by atoms with van der Waals surface area (Å²) in [6, 6.07) is 8.46. The van der Waals surface area contributed by atoms with Gasteiger partial charge in [0.05, 0.1) is 12.0 Å². The molecule has 0 aromatic heterocycles. The molecule has 2 unspecified atom stereocenters. The summed E-state index contributed by atoms with van der Waals surface area (Å²) in [5, 5.41) is 9.01. The van der Waals surface area contributed by atoms with Crippen molar-refractivity contribution < 1.29 is 4.39 Å². The number of hydrogen-bond donors (Lipinski definition) is 0. The van der Waals surface area contributed by atoms with Gasteiger partial charge >= 0.3 is 0 Å². The van der Waals surface area contributed by atoms with E-state index in [2.05, 4.69) is 13.0 Å². The molecule has 0 saturated heterocycles. The largest absolute Gasteiger partial charge is 0.207 e. The Hall–Kier alpha value is -1.36. The minimum atomic E-state index is -0.255. The minimum absolute atomic E-state index is 0.124. The molecule has 0 fully saturated rings. The van der Waals surface area contributed by atoms with Crippen LogP contribution in [0.1, 0.15) is 31.7 Å². The molecule has 1 aromatic carbocycles. The second kappa shape index (κ2) is 4.76. The zero-order chi connectivity index (χ0) is 10.6. The summed E-state index contributed by atoms with van der Waals surface area (Å²) < 4.78 is 12.7. The van der Waals surface area contributed by atoms with Gasteiger partial charge in [-0.1, -0.05) is 32.4 Å². The van der Waals surface area contributed by atoms with E-state index in [1.165, 1.54) is 12.1 Å². The van der Waals surface area contributed by atoms with Crippen LogP contribution in [0.25, 0.3) is 0 Å². The lowest BCUT2D eigenvalue weighted by Gasteiger charge is -2.15. The smallest absolute Gasteiger partial charge is 0.123 e. The van der Waals surface area contributed by atoms with E-state index in [1.54, 1.807) is 12.1 Å². The van der Waals surface area contributed by atoms with Crippen molar-refractivity contribution in [1.82, 2.24) is 0 Å². The monoisotopic (exact) mass is 191 g/mol. The van der Waals surface area contributed by atoms with Crippen molar-refractivity contribution >= 4 is 0 Å². The lowest BCUT2D eigenvalue weighted by atomic mass is 9.87. The Morgan fingerprint density at radius 2 is 1.93 bits per heavy atom. The highest BCUT2D eigenvalue weighted by molar-refractivity contribution is 5.25. The number of nitriles is 1. The molecule has 1 nitrogen and oxygen atoms in total. The third kappa shape index (κ3) is 2.32. The third-order valence-corrected chi connectivity index (χ3v) is 2.58. The topological polar surface area (TPSA) is 23.8 Å². The fraction of sp³-hybridized carbons (Fsp3) is 0.417. The van der Waals surface area contributed by atoms with Crippen LogP contribution in [-0.4, -0.2) is 0 Å². The number of benzene rings is 1. The molecule has 2 atom stereocenters. The van der Waals surface area contributed by atoms with Crippen LogP contribution in [0, 0.1) is 23.1 Å². The zero-order valence-corrected chi connectivity index (χ0v) is 8.50. The quantitative estimate of drug-likeness (QED) is 0.717. The fourth-order valence-electron chi connectivity index (χ4n) is 1.44. The van der Waals surface area contributed by atoms with Crippen LogP contribution in [0.15, 0.2) is 24.3 Å². The molecule has 0 N–H and O–H groups in total. The van der Waals surface area contributed by atoms with E-state index in [4.69, 9.17) is 5.26 Å². The molecule has 0 aliphatic carbocycles. The summed E-state index contributed by atoms with van der Waals surface area (Å²) in [6.45, 7) is 4.09. The maximum absolute atomic E-state index is 12.7. The maximum atomic E-state index is 12.7. The van der Waals surface area contributed by atoms with Crippen molar-refractivity contribution in [3.05, 3.63) is 35.6 Å². The van der Waals surface area contributed by atoms with Gasteiger partial charge in [-0.05, 0) is 23.6 Å². The highest BCUT2D eigenvalue weighted by atomic mass is 19.1. The Bertz CT molecular complexity index is 323. The minimum Gasteiger partial charge on any atom is -0.207 e. The highest BCUT2D eigenvalue weighted by Crippen LogP contribution is 2.26. The molecule has 1 rings (SSSR count). The normalized spacial score (nSPS) is 14.4. The van der Waals surface area contributed by atoms with Crippen LogP contribution in [0.3, 0.4) is 0 Å². The predicted molar refractivity (Wildman–Crippen MR) is 54.2 cm³/mol. The van der Waals surface area contributed by atoms with Crippen molar-refractivity contribution in [2.24, 2.45) is 5.92 Å². The standard InChI is InChI=1S/C12H14FN/c1-3-9(2)12(8-14)10-4-6-11(13)7-5-10/h4-7,9,12H,3H2,1-2H3. The molecule has 1 aromatic rings. The fourth-order valence-corrected chi connectivity index (χ4v) is 1.44. The molecular weight excluding hydrogens is 177 g/mol. The van der Waals surface area contributed by atoms with Crippen LogP contribution in [0.2, 0.25) is 0 Å². The van der Waals surface area contributed by atoms with Gasteiger partial charge < -0.3 is 0 Å². The Morgan fingerprint density at radius 1 is 1.36 bits per heavy atom. The van der Waals surface area contributed by atoms with Crippen LogP contribution in [0.4, 0.5) is 4.39 Å². The molecule has 0 radical (unpaired) electrons. The second-order valence-electron chi connectivity index (χ2n) is 3.54. The van der Waals surface area contributed by atoms with Gasteiger partial charge in [0, 0.05) is 0 Å². The van der Waals surface area contributed by atoms with E-state index in [0.717, 1.165) is 12.0 Å². The van der Waals surface area contributed by atoms with Gasteiger partial charge in [0.15, 0.2) is 0 Å². The summed E-state index contributed by atoms with van der Waals surface area (Å²) in [5.74, 6) is -0.0688. The van der Waals surface area contributed by atoms with E-state index in [-0.39, 0.29) is 11.7 Å². The van der Waals surface area contributed by atoms with E-state index in [0.29, 0.717) is 5.92 Å².